The Bertz CT molecular complexity index is 233. The molecule has 1 aliphatic heterocycles. The second-order valence-electron chi connectivity index (χ2n) is 2.41. The monoisotopic (exact) mass is 157 g/mol. The van der Waals surface area contributed by atoms with E-state index in [9.17, 15) is 4.39 Å². The highest BCUT2D eigenvalue weighted by Gasteiger charge is 2.19. The first-order valence-electron chi connectivity index (χ1n) is 3.29. The molecule has 0 saturated carbocycles. The van der Waals surface area contributed by atoms with Gasteiger partial charge in [0.25, 0.3) is 0 Å². The molecule has 3 heteroatoms. The van der Waals surface area contributed by atoms with Crippen molar-refractivity contribution in [3.05, 3.63) is 21.9 Å². The summed E-state index contributed by atoms with van der Waals surface area (Å²) in [6.45, 7) is 1.31. The van der Waals surface area contributed by atoms with Crippen LogP contribution in [-0.2, 0) is 6.54 Å². The summed E-state index contributed by atoms with van der Waals surface area (Å²) in [7, 11) is 0. The number of hydrogen-bond acceptors (Lipinski definition) is 2. The van der Waals surface area contributed by atoms with Crippen molar-refractivity contribution in [1.82, 2.24) is 5.32 Å². The van der Waals surface area contributed by atoms with Crippen LogP contribution < -0.4 is 5.32 Å². The largest absolute Gasteiger partial charge is 0.309 e. The lowest BCUT2D eigenvalue weighted by Gasteiger charge is -2.15. The molecule has 1 unspecified atom stereocenters. The first-order valence-corrected chi connectivity index (χ1v) is 4.17. The molecule has 1 aromatic heterocycles. The molecule has 1 nitrogen and oxygen atoms in total. The molecule has 1 N–H and O–H groups in total. The van der Waals surface area contributed by atoms with Crippen molar-refractivity contribution in [3.8, 4) is 0 Å². The molecular weight excluding hydrogens is 149 g/mol. The highest BCUT2D eigenvalue weighted by Crippen LogP contribution is 2.29. The average molecular weight is 157 g/mol. The fraction of sp³-hybridized carbons (Fsp3) is 0.429. The summed E-state index contributed by atoms with van der Waals surface area (Å²) in [5.41, 5.74) is 1.13. The fourth-order valence-electron chi connectivity index (χ4n) is 1.19. The van der Waals surface area contributed by atoms with Crippen molar-refractivity contribution in [2.45, 2.75) is 12.7 Å². The Kier molecular flexibility index (Phi) is 1.47. The van der Waals surface area contributed by atoms with Crippen LogP contribution in [0, 0.1) is 0 Å². The minimum Gasteiger partial charge on any atom is -0.309 e. The number of rotatable bonds is 0. The predicted octanol–water partition coefficient (Wildman–Crippen LogP) is 1.86. The van der Waals surface area contributed by atoms with Crippen molar-refractivity contribution in [2.24, 2.45) is 0 Å². The van der Waals surface area contributed by atoms with E-state index in [-0.39, 0.29) is 0 Å². The lowest BCUT2D eigenvalue weighted by Crippen LogP contribution is -2.24. The van der Waals surface area contributed by atoms with Gasteiger partial charge in [-0.1, -0.05) is 0 Å². The summed E-state index contributed by atoms with van der Waals surface area (Å²) < 4.78 is 13.0. The number of hydrogen-bond donors (Lipinski definition) is 1. The van der Waals surface area contributed by atoms with E-state index in [1.165, 1.54) is 11.3 Å². The van der Waals surface area contributed by atoms with E-state index in [1.54, 1.807) is 0 Å². The van der Waals surface area contributed by atoms with Gasteiger partial charge in [0.1, 0.15) is 6.17 Å². The van der Waals surface area contributed by atoms with E-state index in [1.807, 2.05) is 11.4 Å². The van der Waals surface area contributed by atoms with Crippen LogP contribution in [0.2, 0.25) is 0 Å². The van der Waals surface area contributed by atoms with Crippen LogP contribution in [0.15, 0.2) is 11.4 Å². The number of fused-ring (bicyclic) bond motifs is 1. The molecule has 1 aliphatic rings. The average Bonchev–Trinajstić information content (AvgIpc) is 2.36. The molecule has 2 heterocycles. The zero-order chi connectivity index (χ0) is 6.97. The maximum atomic E-state index is 13.0. The van der Waals surface area contributed by atoms with Crippen molar-refractivity contribution in [1.29, 1.82) is 0 Å². The van der Waals surface area contributed by atoms with E-state index in [4.69, 9.17) is 0 Å². The van der Waals surface area contributed by atoms with Gasteiger partial charge in [0.05, 0.1) is 0 Å². The van der Waals surface area contributed by atoms with E-state index in [0.29, 0.717) is 6.54 Å². The van der Waals surface area contributed by atoms with Crippen molar-refractivity contribution in [2.75, 3.05) is 6.54 Å². The Morgan fingerprint density at radius 1 is 1.70 bits per heavy atom. The lowest BCUT2D eigenvalue weighted by molar-refractivity contribution is 0.316. The normalized spacial score (nSPS) is 24.3. The van der Waals surface area contributed by atoms with Gasteiger partial charge in [0, 0.05) is 18.0 Å². The molecule has 0 bridgehead atoms. The third kappa shape index (κ3) is 0.859. The number of alkyl halides is 1. The first kappa shape index (κ1) is 6.31. The Hall–Kier alpha value is -0.410. The van der Waals surface area contributed by atoms with E-state index >= 15 is 0 Å². The molecule has 2 rings (SSSR count). The number of thiophene rings is 1. The third-order valence-corrected chi connectivity index (χ3v) is 2.75. The Balaban J connectivity index is 2.41. The van der Waals surface area contributed by atoms with Gasteiger partial charge in [-0.25, -0.2) is 4.39 Å². The van der Waals surface area contributed by atoms with Gasteiger partial charge in [-0.15, -0.1) is 11.3 Å². The lowest BCUT2D eigenvalue weighted by atomic mass is 10.1. The summed E-state index contributed by atoms with van der Waals surface area (Å²) in [6, 6.07) is 1.98. The highest BCUT2D eigenvalue weighted by atomic mass is 32.1. The molecule has 0 spiro atoms. The van der Waals surface area contributed by atoms with Crippen LogP contribution in [0.1, 0.15) is 16.6 Å². The second kappa shape index (κ2) is 2.32. The van der Waals surface area contributed by atoms with Gasteiger partial charge in [0.15, 0.2) is 0 Å². The van der Waals surface area contributed by atoms with Crippen LogP contribution in [0.25, 0.3) is 0 Å². The molecule has 54 valence electrons. The zero-order valence-electron chi connectivity index (χ0n) is 5.43. The van der Waals surface area contributed by atoms with Crippen LogP contribution in [0.3, 0.4) is 0 Å². The summed E-state index contributed by atoms with van der Waals surface area (Å²) in [6.07, 6.45) is -0.774. The van der Waals surface area contributed by atoms with Gasteiger partial charge in [0.2, 0.25) is 0 Å². The van der Waals surface area contributed by atoms with Gasteiger partial charge in [-0.05, 0) is 17.0 Å². The maximum Gasteiger partial charge on any atom is 0.147 e. The minimum absolute atomic E-state index is 0.480. The molecular formula is C7H8FNS. The Morgan fingerprint density at radius 3 is 3.40 bits per heavy atom. The van der Waals surface area contributed by atoms with Crippen LogP contribution in [-0.4, -0.2) is 6.54 Å². The number of nitrogens with one attached hydrogen (secondary N) is 1. The Labute approximate surface area is 62.9 Å². The quantitative estimate of drug-likeness (QED) is 0.606. The first-order chi connectivity index (χ1) is 4.88. The Morgan fingerprint density at radius 2 is 2.60 bits per heavy atom. The molecule has 1 atom stereocenters. The summed E-state index contributed by atoms with van der Waals surface area (Å²) >= 11 is 1.52. The molecule has 1 aromatic rings. The summed E-state index contributed by atoms with van der Waals surface area (Å²) in [4.78, 5) is 0.916. The number of halogens is 1. The molecule has 0 radical (unpaired) electrons. The van der Waals surface area contributed by atoms with Crippen LogP contribution in [0.4, 0.5) is 4.39 Å². The molecule has 0 fully saturated rings. The van der Waals surface area contributed by atoms with Gasteiger partial charge < -0.3 is 5.32 Å². The van der Waals surface area contributed by atoms with Crippen molar-refractivity contribution < 1.29 is 4.39 Å². The third-order valence-electron chi connectivity index (χ3n) is 1.70. The molecule has 0 saturated heterocycles. The van der Waals surface area contributed by atoms with E-state index in [0.717, 1.165) is 17.0 Å². The van der Waals surface area contributed by atoms with Gasteiger partial charge in [-0.2, -0.15) is 0 Å². The molecule has 0 aliphatic carbocycles. The van der Waals surface area contributed by atoms with Gasteiger partial charge >= 0.3 is 0 Å². The second-order valence-corrected chi connectivity index (χ2v) is 3.36. The van der Waals surface area contributed by atoms with Crippen LogP contribution in [0.5, 0.6) is 0 Å². The van der Waals surface area contributed by atoms with Gasteiger partial charge in [-0.3, -0.25) is 0 Å². The summed E-state index contributed by atoms with van der Waals surface area (Å²) in [5.74, 6) is 0. The topological polar surface area (TPSA) is 12.0 Å². The van der Waals surface area contributed by atoms with Crippen molar-refractivity contribution >= 4 is 11.3 Å². The smallest absolute Gasteiger partial charge is 0.147 e. The molecule has 10 heavy (non-hydrogen) atoms. The minimum atomic E-state index is -0.774. The molecule has 0 aromatic carbocycles. The van der Waals surface area contributed by atoms with Crippen molar-refractivity contribution in [3.63, 3.8) is 0 Å². The standard InChI is InChI=1S/C7H8FNS/c8-6-4-9-3-5-1-2-10-7(5)6/h1-2,6,9H,3-4H2. The maximum absolute atomic E-state index is 13.0. The zero-order valence-corrected chi connectivity index (χ0v) is 6.25. The molecule has 0 amide bonds. The predicted molar refractivity (Wildman–Crippen MR) is 39.9 cm³/mol. The van der Waals surface area contributed by atoms with E-state index < -0.39 is 6.17 Å². The van der Waals surface area contributed by atoms with E-state index in [2.05, 4.69) is 5.32 Å². The fourth-order valence-corrected chi connectivity index (χ4v) is 2.10. The summed E-state index contributed by atoms with van der Waals surface area (Å²) in [5, 5.41) is 4.96. The van der Waals surface area contributed by atoms with Crippen LogP contribution >= 0.6 is 11.3 Å². The highest BCUT2D eigenvalue weighted by molar-refractivity contribution is 7.10. The SMILES string of the molecule is FC1CNCc2ccsc21.